The SMILES string of the molecule is Cc1cc(C)cc(O[C@@H](C)C(=O)NN)c1. The summed E-state index contributed by atoms with van der Waals surface area (Å²) in [6.45, 7) is 5.61. The summed E-state index contributed by atoms with van der Waals surface area (Å²) in [5.74, 6) is 5.35. The summed E-state index contributed by atoms with van der Waals surface area (Å²) in [5.41, 5.74) is 4.25. The molecule has 0 aliphatic heterocycles. The molecule has 0 aliphatic rings. The highest BCUT2D eigenvalue weighted by molar-refractivity contribution is 5.80. The van der Waals surface area contributed by atoms with Crippen molar-refractivity contribution < 1.29 is 9.53 Å². The lowest BCUT2D eigenvalue weighted by Gasteiger charge is -2.13. The average Bonchev–Trinajstić information content (AvgIpc) is 2.14. The zero-order valence-electron chi connectivity index (χ0n) is 9.20. The van der Waals surface area contributed by atoms with Gasteiger partial charge in [0.25, 0.3) is 5.91 Å². The maximum Gasteiger partial charge on any atom is 0.274 e. The van der Waals surface area contributed by atoms with E-state index in [1.54, 1.807) is 6.92 Å². The van der Waals surface area contributed by atoms with Crippen molar-refractivity contribution in [3.8, 4) is 5.75 Å². The molecule has 0 saturated carbocycles. The monoisotopic (exact) mass is 208 g/mol. The van der Waals surface area contributed by atoms with Gasteiger partial charge in [-0.3, -0.25) is 10.2 Å². The van der Waals surface area contributed by atoms with Crippen molar-refractivity contribution in [2.45, 2.75) is 26.9 Å². The molecule has 15 heavy (non-hydrogen) atoms. The summed E-state index contributed by atoms with van der Waals surface area (Å²) in [6, 6.07) is 5.81. The van der Waals surface area contributed by atoms with Crippen LogP contribution in [0.15, 0.2) is 18.2 Å². The number of nitrogens with one attached hydrogen (secondary N) is 1. The van der Waals surface area contributed by atoms with Crippen LogP contribution < -0.4 is 16.0 Å². The third kappa shape index (κ3) is 3.25. The highest BCUT2D eigenvalue weighted by atomic mass is 16.5. The molecule has 3 N–H and O–H groups in total. The van der Waals surface area contributed by atoms with E-state index in [1.165, 1.54) is 0 Å². The third-order valence-electron chi connectivity index (χ3n) is 2.02. The Labute approximate surface area is 89.4 Å². The molecule has 0 unspecified atom stereocenters. The zero-order chi connectivity index (χ0) is 11.4. The molecule has 4 nitrogen and oxygen atoms in total. The largest absolute Gasteiger partial charge is 0.481 e. The van der Waals surface area contributed by atoms with E-state index >= 15 is 0 Å². The number of hydrogen-bond donors (Lipinski definition) is 2. The van der Waals surface area contributed by atoms with E-state index in [-0.39, 0.29) is 5.91 Å². The van der Waals surface area contributed by atoms with E-state index in [0.29, 0.717) is 5.75 Å². The number of benzene rings is 1. The maximum absolute atomic E-state index is 11.1. The Morgan fingerprint density at radius 1 is 1.33 bits per heavy atom. The second kappa shape index (κ2) is 4.79. The molecule has 0 spiro atoms. The van der Waals surface area contributed by atoms with Crippen LogP contribution in [-0.4, -0.2) is 12.0 Å². The summed E-state index contributed by atoms with van der Waals surface area (Å²) >= 11 is 0. The molecular formula is C11H16N2O2. The molecule has 4 heteroatoms. The molecule has 1 aromatic carbocycles. The molecule has 1 rings (SSSR count). The molecule has 0 aromatic heterocycles. The van der Waals surface area contributed by atoms with E-state index in [0.717, 1.165) is 11.1 Å². The minimum absolute atomic E-state index is 0.339. The number of hydrogen-bond acceptors (Lipinski definition) is 3. The van der Waals surface area contributed by atoms with Gasteiger partial charge in [-0.15, -0.1) is 0 Å². The van der Waals surface area contributed by atoms with Gasteiger partial charge in [-0.2, -0.15) is 0 Å². The molecule has 0 fully saturated rings. The van der Waals surface area contributed by atoms with Crippen LogP contribution in [0.2, 0.25) is 0 Å². The Bertz CT molecular complexity index is 343. The number of rotatable bonds is 3. The molecule has 1 aromatic rings. The van der Waals surface area contributed by atoms with E-state index in [9.17, 15) is 4.79 Å². The Kier molecular flexibility index (Phi) is 3.68. The van der Waals surface area contributed by atoms with Crippen LogP contribution >= 0.6 is 0 Å². The minimum Gasteiger partial charge on any atom is -0.481 e. The highest BCUT2D eigenvalue weighted by Crippen LogP contribution is 2.17. The number of aryl methyl sites for hydroxylation is 2. The molecule has 0 heterocycles. The van der Waals surface area contributed by atoms with Gasteiger partial charge in [0.2, 0.25) is 0 Å². The lowest BCUT2D eigenvalue weighted by atomic mass is 10.1. The summed E-state index contributed by atoms with van der Waals surface area (Å²) in [6.07, 6.45) is -0.587. The Morgan fingerprint density at radius 2 is 1.87 bits per heavy atom. The topological polar surface area (TPSA) is 64.3 Å². The molecule has 1 amide bonds. The van der Waals surface area contributed by atoms with Crippen LogP contribution in [0, 0.1) is 13.8 Å². The molecule has 0 bridgehead atoms. The van der Waals surface area contributed by atoms with E-state index in [2.05, 4.69) is 5.43 Å². The maximum atomic E-state index is 11.1. The predicted octanol–water partition coefficient (Wildman–Crippen LogP) is 1.06. The minimum atomic E-state index is -0.587. The van der Waals surface area contributed by atoms with Crippen LogP contribution in [0.4, 0.5) is 0 Å². The Hall–Kier alpha value is -1.55. The van der Waals surface area contributed by atoms with Gasteiger partial charge in [0, 0.05) is 0 Å². The van der Waals surface area contributed by atoms with E-state index in [4.69, 9.17) is 10.6 Å². The first-order valence-corrected chi connectivity index (χ1v) is 4.78. The number of carbonyl (C=O) groups excluding carboxylic acids is 1. The van der Waals surface area contributed by atoms with Crippen LogP contribution in [0.1, 0.15) is 18.1 Å². The first-order valence-electron chi connectivity index (χ1n) is 4.78. The summed E-state index contributed by atoms with van der Waals surface area (Å²) in [5, 5.41) is 0. The highest BCUT2D eigenvalue weighted by Gasteiger charge is 2.12. The molecule has 0 saturated heterocycles. The van der Waals surface area contributed by atoms with Crippen LogP contribution in [0.25, 0.3) is 0 Å². The molecule has 1 atom stereocenters. The summed E-state index contributed by atoms with van der Waals surface area (Å²) in [7, 11) is 0. The van der Waals surface area contributed by atoms with Gasteiger partial charge in [0.05, 0.1) is 0 Å². The fraction of sp³-hybridized carbons (Fsp3) is 0.364. The van der Waals surface area contributed by atoms with Crippen molar-refractivity contribution in [2.24, 2.45) is 5.84 Å². The third-order valence-corrected chi connectivity index (χ3v) is 2.02. The quantitative estimate of drug-likeness (QED) is 0.443. The fourth-order valence-corrected chi connectivity index (χ4v) is 1.38. The van der Waals surface area contributed by atoms with Gasteiger partial charge in [-0.25, -0.2) is 5.84 Å². The smallest absolute Gasteiger partial charge is 0.274 e. The van der Waals surface area contributed by atoms with Crippen LogP contribution in [-0.2, 0) is 4.79 Å². The first kappa shape index (κ1) is 11.5. The number of nitrogens with two attached hydrogens (primary N) is 1. The normalized spacial score (nSPS) is 12.0. The molecule has 0 radical (unpaired) electrons. The number of amides is 1. The van der Waals surface area contributed by atoms with Gasteiger partial charge < -0.3 is 4.74 Å². The lowest BCUT2D eigenvalue weighted by Crippen LogP contribution is -2.40. The van der Waals surface area contributed by atoms with Crippen molar-refractivity contribution >= 4 is 5.91 Å². The lowest BCUT2D eigenvalue weighted by molar-refractivity contribution is -0.127. The zero-order valence-corrected chi connectivity index (χ0v) is 9.20. The average molecular weight is 208 g/mol. The Morgan fingerprint density at radius 3 is 2.33 bits per heavy atom. The van der Waals surface area contributed by atoms with Gasteiger partial charge in [0.1, 0.15) is 5.75 Å². The van der Waals surface area contributed by atoms with E-state index < -0.39 is 6.10 Å². The van der Waals surface area contributed by atoms with Gasteiger partial charge in [0.15, 0.2) is 6.10 Å². The second-order valence-corrected chi connectivity index (χ2v) is 3.59. The fourth-order valence-electron chi connectivity index (χ4n) is 1.38. The van der Waals surface area contributed by atoms with E-state index in [1.807, 2.05) is 32.0 Å². The summed E-state index contributed by atoms with van der Waals surface area (Å²) < 4.78 is 5.44. The van der Waals surface area contributed by atoms with Crippen molar-refractivity contribution in [1.29, 1.82) is 0 Å². The van der Waals surface area contributed by atoms with Crippen molar-refractivity contribution in [1.82, 2.24) is 5.43 Å². The standard InChI is InChI=1S/C11H16N2O2/c1-7-4-8(2)6-10(5-7)15-9(3)11(14)13-12/h4-6,9H,12H2,1-3H3,(H,13,14)/t9-/m0/s1. The van der Waals surface area contributed by atoms with Crippen LogP contribution in [0.3, 0.4) is 0 Å². The number of ether oxygens (including phenoxy) is 1. The number of carbonyl (C=O) groups is 1. The molecular weight excluding hydrogens is 192 g/mol. The Balaban J connectivity index is 2.76. The molecule has 0 aliphatic carbocycles. The van der Waals surface area contributed by atoms with Crippen molar-refractivity contribution in [2.75, 3.05) is 0 Å². The second-order valence-electron chi connectivity index (χ2n) is 3.59. The van der Waals surface area contributed by atoms with Gasteiger partial charge in [-0.1, -0.05) is 6.07 Å². The van der Waals surface area contributed by atoms with Crippen LogP contribution in [0.5, 0.6) is 5.75 Å². The van der Waals surface area contributed by atoms with Gasteiger partial charge in [-0.05, 0) is 44.0 Å². The molecule has 82 valence electrons. The number of hydrazine groups is 1. The predicted molar refractivity (Wildman–Crippen MR) is 58.3 cm³/mol. The first-order chi connectivity index (χ1) is 7.02. The van der Waals surface area contributed by atoms with Crippen molar-refractivity contribution in [3.05, 3.63) is 29.3 Å². The van der Waals surface area contributed by atoms with Crippen molar-refractivity contribution in [3.63, 3.8) is 0 Å². The van der Waals surface area contributed by atoms with Gasteiger partial charge >= 0.3 is 0 Å². The summed E-state index contributed by atoms with van der Waals surface area (Å²) in [4.78, 5) is 11.1.